The average Bonchev–Trinajstić information content (AvgIpc) is 3.10. The summed E-state index contributed by atoms with van der Waals surface area (Å²) in [5.41, 5.74) is 5.55. The summed E-state index contributed by atoms with van der Waals surface area (Å²) in [4.78, 5) is 14.5. The third-order valence-corrected chi connectivity index (χ3v) is 4.30. The van der Waals surface area contributed by atoms with Gasteiger partial charge in [0.05, 0.1) is 6.61 Å². The minimum atomic E-state index is 0.346. The van der Waals surface area contributed by atoms with E-state index in [4.69, 9.17) is 10.5 Å². The van der Waals surface area contributed by atoms with Crippen LogP contribution in [-0.2, 0) is 9.53 Å². The van der Waals surface area contributed by atoms with Crippen molar-refractivity contribution in [3.8, 4) is 0 Å². The van der Waals surface area contributed by atoms with Crippen molar-refractivity contribution >= 4 is 5.91 Å². The molecule has 1 aliphatic carbocycles. The highest BCUT2D eigenvalue weighted by Gasteiger charge is 2.34. The number of rotatable bonds is 8. The highest BCUT2D eigenvalue weighted by atomic mass is 16.5. The van der Waals surface area contributed by atoms with Gasteiger partial charge in [0, 0.05) is 31.5 Å². The van der Waals surface area contributed by atoms with E-state index < -0.39 is 0 Å². The lowest BCUT2D eigenvalue weighted by Gasteiger charge is -2.25. The number of ether oxygens (including phenoxy) is 1. The van der Waals surface area contributed by atoms with E-state index in [1.807, 2.05) is 0 Å². The lowest BCUT2D eigenvalue weighted by atomic mass is 10.0. The van der Waals surface area contributed by atoms with Gasteiger partial charge in [-0.3, -0.25) is 4.79 Å². The summed E-state index contributed by atoms with van der Waals surface area (Å²) in [6.07, 6.45) is 6.17. The molecule has 0 aromatic carbocycles. The molecule has 0 aromatic heterocycles. The van der Waals surface area contributed by atoms with Crippen LogP contribution in [0.2, 0.25) is 0 Å². The fourth-order valence-electron chi connectivity index (χ4n) is 2.79. The standard InChI is InChI=1S/C15H28N2O2/c1-12(6-8-16)2-5-15(18)17(14-3-4-14)10-13-7-9-19-11-13/h12-14H,2-11,16H2,1H3. The summed E-state index contributed by atoms with van der Waals surface area (Å²) >= 11 is 0. The van der Waals surface area contributed by atoms with Crippen molar-refractivity contribution in [1.29, 1.82) is 0 Å². The number of hydrogen-bond donors (Lipinski definition) is 1. The fourth-order valence-corrected chi connectivity index (χ4v) is 2.79. The van der Waals surface area contributed by atoms with Gasteiger partial charge in [0.1, 0.15) is 0 Å². The Balaban J connectivity index is 1.75. The Labute approximate surface area is 116 Å². The highest BCUT2D eigenvalue weighted by molar-refractivity contribution is 5.76. The van der Waals surface area contributed by atoms with Crippen molar-refractivity contribution in [3.05, 3.63) is 0 Å². The number of carbonyl (C=O) groups excluding carboxylic acids is 1. The van der Waals surface area contributed by atoms with Crippen LogP contribution in [0, 0.1) is 11.8 Å². The number of nitrogens with zero attached hydrogens (tertiary/aromatic N) is 1. The molecule has 1 amide bonds. The van der Waals surface area contributed by atoms with Crippen molar-refractivity contribution in [1.82, 2.24) is 4.90 Å². The van der Waals surface area contributed by atoms with Crippen molar-refractivity contribution in [2.75, 3.05) is 26.3 Å². The van der Waals surface area contributed by atoms with Gasteiger partial charge in [-0.2, -0.15) is 0 Å². The largest absolute Gasteiger partial charge is 0.381 e. The Hall–Kier alpha value is -0.610. The zero-order valence-corrected chi connectivity index (χ0v) is 12.1. The van der Waals surface area contributed by atoms with E-state index in [0.717, 1.165) is 45.6 Å². The topological polar surface area (TPSA) is 55.6 Å². The maximum Gasteiger partial charge on any atom is 0.222 e. The van der Waals surface area contributed by atoms with Crippen LogP contribution in [0.25, 0.3) is 0 Å². The molecule has 2 N–H and O–H groups in total. The predicted molar refractivity (Wildman–Crippen MR) is 75.7 cm³/mol. The van der Waals surface area contributed by atoms with Gasteiger partial charge in [-0.25, -0.2) is 0 Å². The fraction of sp³-hybridized carbons (Fsp3) is 0.933. The molecular formula is C15H28N2O2. The van der Waals surface area contributed by atoms with Gasteiger partial charge in [0.15, 0.2) is 0 Å². The minimum absolute atomic E-state index is 0.346. The predicted octanol–water partition coefficient (Wildman–Crippen LogP) is 1.78. The lowest BCUT2D eigenvalue weighted by Crippen LogP contribution is -2.37. The van der Waals surface area contributed by atoms with Crippen LogP contribution in [0.1, 0.15) is 45.4 Å². The van der Waals surface area contributed by atoms with Gasteiger partial charge < -0.3 is 15.4 Å². The molecule has 2 unspecified atom stereocenters. The van der Waals surface area contributed by atoms with E-state index in [1.165, 1.54) is 12.8 Å². The Morgan fingerprint density at radius 3 is 2.74 bits per heavy atom. The normalized spacial score (nSPS) is 24.4. The molecule has 1 aliphatic heterocycles. The molecule has 4 nitrogen and oxygen atoms in total. The van der Waals surface area contributed by atoms with Gasteiger partial charge in [-0.05, 0) is 44.6 Å². The molecule has 1 saturated carbocycles. The van der Waals surface area contributed by atoms with Crippen LogP contribution in [0.5, 0.6) is 0 Å². The summed E-state index contributed by atoms with van der Waals surface area (Å²) in [5, 5.41) is 0. The Kier molecular flexibility index (Phi) is 5.64. The number of nitrogens with two attached hydrogens (primary N) is 1. The zero-order chi connectivity index (χ0) is 13.7. The van der Waals surface area contributed by atoms with Gasteiger partial charge in [0.25, 0.3) is 0 Å². The van der Waals surface area contributed by atoms with Gasteiger partial charge >= 0.3 is 0 Å². The van der Waals surface area contributed by atoms with Crippen LogP contribution in [0.3, 0.4) is 0 Å². The van der Waals surface area contributed by atoms with Crippen molar-refractivity contribution in [3.63, 3.8) is 0 Å². The van der Waals surface area contributed by atoms with Crippen molar-refractivity contribution < 1.29 is 9.53 Å². The van der Waals surface area contributed by atoms with Gasteiger partial charge in [0.2, 0.25) is 5.91 Å². The summed E-state index contributed by atoms with van der Waals surface area (Å²) in [7, 11) is 0. The minimum Gasteiger partial charge on any atom is -0.381 e. The van der Waals surface area contributed by atoms with E-state index in [1.54, 1.807) is 0 Å². The van der Waals surface area contributed by atoms with E-state index in [2.05, 4.69) is 11.8 Å². The quantitative estimate of drug-likeness (QED) is 0.730. The third kappa shape index (κ3) is 4.77. The van der Waals surface area contributed by atoms with E-state index >= 15 is 0 Å². The lowest BCUT2D eigenvalue weighted by molar-refractivity contribution is -0.132. The van der Waals surface area contributed by atoms with E-state index in [9.17, 15) is 4.79 Å². The molecule has 0 radical (unpaired) electrons. The molecule has 0 spiro atoms. The third-order valence-electron chi connectivity index (χ3n) is 4.30. The molecule has 2 rings (SSSR count). The second-order valence-electron chi connectivity index (χ2n) is 6.23. The van der Waals surface area contributed by atoms with Crippen molar-refractivity contribution in [2.45, 2.75) is 51.5 Å². The summed E-state index contributed by atoms with van der Waals surface area (Å²) in [6, 6.07) is 0.526. The first-order chi connectivity index (χ1) is 9.20. The van der Waals surface area contributed by atoms with E-state index in [0.29, 0.717) is 30.2 Å². The molecular weight excluding hydrogens is 240 g/mol. The Morgan fingerprint density at radius 2 is 2.16 bits per heavy atom. The van der Waals surface area contributed by atoms with Gasteiger partial charge in [-0.1, -0.05) is 6.92 Å². The second-order valence-corrected chi connectivity index (χ2v) is 6.23. The smallest absolute Gasteiger partial charge is 0.222 e. The van der Waals surface area contributed by atoms with E-state index in [-0.39, 0.29) is 0 Å². The molecule has 4 heteroatoms. The number of carbonyl (C=O) groups is 1. The van der Waals surface area contributed by atoms with Crippen LogP contribution < -0.4 is 5.73 Å². The first-order valence-electron chi connectivity index (χ1n) is 7.78. The summed E-state index contributed by atoms with van der Waals surface area (Å²) in [5.74, 6) is 1.47. The first-order valence-corrected chi connectivity index (χ1v) is 7.78. The Bertz CT molecular complexity index is 286. The summed E-state index contributed by atoms with van der Waals surface area (Å²) in [6.45, 7) is 5.52. The average molecular weight is 268 g/mol. The van der Waals surface area contributed by atoms with Crippen LogP contribution in [-0.4, -0.2) is 43.2 Å². The molecule has 1 heterocycles. The van der Waals surface area contributed by atoms with Crippen LogP contribution >= 0.6 is 0 Å². The second kappa shape index (κ2) is 7.25. The van der Waals surface area contributed by atoms with Crippen molar-refractivity contribution in [2.24, 2.45) is 17.6 Å². The molecule has 2 fully saturated rings. The molecule has 0 bridgehead atoms. The molecule has 110 valence electrons. The van der Waals surface area contributed by atoms with Gasteiger partial charge in [-0.15, -0.1) is 0 Å². The molecule has 0 aromatic rings. The maximum atomic E-state index is 12.4. The molecule has 1 saturated heterocycles. The number of hydrogen-bond acceptors (Lipinski definition) is 3. The molecule has 19 heavy (non-hydrogen) atoms. The Morgan fingerprint density at radius 1 is 1.37 bits per heavy atom. The highest BCUT2D eigenvalue weighted by Crippen LogP contribution is 2.30. The molecule has 2 aliphatic rings. The molecule has 2 atom stereocenters. The monoisotopic (exact) mass is 268 g/mol. The zero-order valence-electron chi connectivity index (χ0n) is 12.1. The SMILES string of the molecule is CC(CCN)CCC(=O)N(CC1CCOC1)C1CC1. The van der Waals surface area contributed by atoms with Crippen LogP contribution in [0.15, 0.2) is 0 Å². The van der Waals surface area contributed by atoms with Crippen LogP contribution in [0.4, 0.5) is 0 Å². The maximum absolute atomic E-state index is 12.4. The number of amides is 1. The summed E-state index contributed by atoms with van der Waals surface area (Å²) < 4.78 is 5.42. The first kappa shape index (κ1) is 14.8.